The number of aliphatic carboxylic acids is 1. The molecule has 7 nitrogen and oxygen atoms in total. The smallest absolute Gasteiger partial charge is 0.475 e. The third kappa shape index (κ3) is 5.89. The fraction of sp³-hybridized carbons (Fsp3) is 0.722. The van der Waals surface area contributed by atoms with E-state index in [4.69, 9.17) is 14.6 Å². The summed E-state index contributed by atoms with van der Waals surface area (Å²) in [7, 11) is 0. The lowest BCUT2D eigenvalue weighted by molar-refractivity contribution is -0.192. The maximum absolute atomic E-state index is 12.0. The minimum atomic E-state index is -5.08. The van der Waals surface area contributed by atoms with Gasteiger partial charge in [0.25, 0.3) is 0 Å². The van der Waals surface area contributed by atoms with Crippen molar-refractivity contribution < 1.29 is 32.6 Å². The van der Waals surface area contributed by atoms with Gasteiger partial charge in [-0.3, -0.25) is 9.69 Å². The lowest BCUT2D eigenvalue weighted by Crippen LogP contribution is -2.43. The van der Waals surface area contributed by atoms with E-state index in [2.05, 4.69) is 15.3 Å². The monoisotopic (exact) mass is 435 g/mol. The number of amides is 1. The first-order valence-corrected chi connectivity index (χ1v) is 10.4. The van der Waals surface area contributed by atoms with Crippen LogP contribution < -0.4 is 0 Å². The molecule has 3 saturated heterocycles. The van der Waals surface area contributed by atoms with Gasteiger partial charge in [-0.25, -0.2) is 9.78 Å². The first kappa shape index (κ1) is 22.0. The van der Waals surface area contributed by atoms with Crippen LogP contribution in [0.4, 0.5) is 13.2 Å². The van der Waals surface area contributed by atoms with Crippen molar-refractivity contribution in [3.05, 3.63) is 16.1 Å². The molecule has 0 saturated carbocycles. The number of aryl methyl sites for hydroxylation is 1. The molecule has 0 bridgehead atoms. The quantitative estimate of drug-likeness (QED) is 0.782. The maximum atomic E-state index is 12.0. The van der Waals surface area contributed by atoms with Crippen LogP contribution in [0.1, 0.15) is 30.0 Å². The molecule has 4 heterocycles. The van der Waals surface area contributed by atoms with Gasteiger partial charge < -0.3 is 14.7 Å². The van der Waals surface area contributed by atoms with Crippen LogP contribution in [0.2, 0.25) is 0 Å². The van der Waals surface area contributed by atoms with E-state index in [9.17, 15) is 18.0 Å². The SMILES string of the molecule is Cc1csc(CN2C[C@@H]3C[C@H](CC(=O)N4CCC4)O[C@@H]3C2)n1.O=C(O)C(F)(F)F. The molecule has 1 N–H and O–H groups in total. The van der Waals surface area contributed by atoms with Gasteiger partial charge in [0.15, 0.2) is 0 Å². The first-order valence-electron chi connectivity index (χ1n) is 9.48. The van der Waals surface area contributed by atoms with Crippen LogP contribution in [0.3, 0.4) is 0 Å². The number of carboxylic acid groups (broad SMARTS) is 1. The lowest BCUT2D eigenvalue weighted by Gasteiger charge is -2.31. The second kappa shape index (κ2) is 8.97. The Hall–Kier alpha value is -1.72. The summed E-state index contributed by atoms with van der Waals surface area (Å²) in [6.07, 6.45) is -1.84. The summed E-state index contributed by atoms with van der Waals surface area (Å²) in [5.74, 6) is -1.88. The topological polar surface area (TPSA) is 83.0 Å². The number of halogens is 3. The van der Waals surface area contributed by atoms with Crippen molar-refractivity contribution >= 4 is 23.2 Å². The third-order valence-electron chi connectivity index (χ3n) is 5.27. The van der Waals surface area contributed by atoms with Gasteiger partial charge in [-0.2, -0.15) is 13.2 Å². The van der Waals surface area contributed by atoms with E-state index in [-0.39, 0.29) is 12.0 Å². The van der Waals surface area contributed by atoms with Crippen molar-refractivity contribution in [3.63, 3.8) is 0 Å². The lowest BCUT2D eigenvalue weighted by atomic mass is 10.0. The first-order chi connectivity index (χ1) is 13.6. The highest BCUT2D eigenvalue weighted by molar-refractivity contribution is 7.09. The molecule has 0 radical (unpaired) electrons. The number of hydrogen-bond donors (Lipinski definition) is 1. The Balaban J connectivity index is 0.000000298. The minimum Gasteiger partial charge on any atom is -0.475 e. The average Bonchev–Trinajstić information content (AvgIpc) is 3.20. The van der Waals surface area contributed by atoms with Crippen molar-refractivity contribution in [2.45, 2.75) is 51.1 Å². The summed E-state index contributed by atoms with van der Waals surface area (Å²) in [4.78, 5) is 29.9. The van der Waals surface area contributed by atoms with E-state index >= 15 is 0 Å². The summed E-state index contributed by atoms with van der Waals surface area (Å²) in [6, 6.07) is 0. The molecule has 0 unspecified atom stereocenters. The van der Waals surface area contributed by atoms with Gasteiger partial charge in [-0.1, -0.05) is 0 Å². The normalized spacial score (nSPS) is 26.5. The second-order valence-corrected chi connectivity index (χ2v) is 8.55. The molecular weight excluding hydrogens is 411 g/mol. The van der Waals surface area contributed by atoms with E-state index in [0.717, 1.165) is 51.3 Å². The van der Waals surface area contributed by atoms with Crippen molar-refractivity contribution in [1.29, 1.82) is 0 Å². The third-order valence-corrected chi connectivity index (χ3v) is 6.22. The Kier molecular flexibility index (Phi) is 6.79. The molecule has 162 valence electrons. The maximum Gasteiger partial charge on any atom is 0.490 e. The molecule has 1 aromatic rings. The molecule has 29 heavy (non-hydrogen) atoms. The van der Waals surface area contributed by atoms with Crippen molar-refractivity contribution in [1.82, 2.24) is 14.8 Å². The number of carboxylic acids is 1. The molecule has 11 heteroatoms. The molecule has 3 aliphatic heterocycles. The predicted molar refractivity (Wildman–Crippen MR) is 98.4 cm³/mol. The Morgan fingerprint density at radius 1 is 1.34 bits per heavy atom. The number of ether oxygens (including phenoxy) is 1. The van der Waals surface area contributed by atoms with Crippen LogP contribution >= 0.6 is 11.3 Å². The highest BCUT2D eigenvalue weighted by Gasteiger charge is 2.43. The van der Waals surface area contributed by atoms with Gasteiger partial charge in [0.2, 0.25) is 5.91 Å². The molecule has 3 fully saturated rings. The van der Waals surface area contributed by atoms with Gasteiger partial charge >= 0.3 is 12.1 Å². The predicted octanol–water partition coefficient (Wildman–Crippen LogP) is 2.30. The van der Waals surface area contributed by atoms with E-state index in [0.29, 0.717) is 18.4 Å². The van der Waals surface area contributed by atoms with Crippen LogP contribution in [-0.4, -0.2) is 76.3 Å². The Labute approximate surface area is 170 Å². The molecule has 3 atom stereocenters. The molecule has 0 spiro atoms. The summed E-state index contributed by atoms with van der Waals surface area (Å²) < 4.78 is 37.9. The van der Waals surface area contributed by atoms with E-state index in [1.807, 2.05) is 11.8 Å². The molecule has 0 aromatic carbocycles. The fourth-order valence-electron chi connectivity index (χ4n) is 3.76. The number of thiazole rings is 1. The number of likely N-dealkylation sites (tertiary alicyclic amines) is 2. The van der Waals surface area contributed by atoms with Gasteiger partial charge in [0.1, 0.15) is 5.01 Å². The van der Waals surface area contributed by atoms with Crippen molar-refractivity contribution in [2.75, 3.05) is 26.2 Å². The number of carbonyl (C=O) groups excluding carboxylic acids is 1. The van der Waals surface area contributed by atoms with E-state index < -0.39 is 12.1 Å². The Bertz CT molecular complexity index is 724. The Morgan fingerprint density at radius 3 is 2.52 bits per heavy atom. The molecule has 1 aromatic heterocycles. The van der Waals surface area contributed by atoms with Crippen LogP contribution in [0, 0.1) is 12.8 Å². The number of hydrogen-bond acceptors (Lipinski definition) is 6. The summed E-state index contributed by atoms with van der Waals surface area (Å²) in [5, 5.41) is 10.4. The van der Waals surface area contributed by atoms with Gasteiger partial charge in [-0.15, -0.1) is 11.3 Å². The number of rotatable bonds is 4. The summed E-state index contributed by atoms with van der Waals surface area (Å²) in [5.41, 5.74) is 1.11. The van der Waals surface area contributed by atoms with Crippen molar-refractivity contribution in [2.24, 2.45) is 5.92 Å². The number of carbonyl (C=O) groups is 2. The van der Waals surface area contributed by atoms with Crippen LogP contribution in [0.5, 0.6) is 0 Å². The van der Waals surface area contributed by atoms with Gasteiger partial charge in [0.05, 0.1) is 25.2 Å². The van der Waals surface area contributed by atoms with Crippen LogP contribution in [0.15, 0.2) is 5.38 Å². The highest BCUT2D eigenvalue weighted by atomic mass is 32.1. The summed E-state index contributed by atoms with van der Waals surface area (Å²) >= 11 is 1.74. The van der Waals surface area contributed by atoms with Crippen molar-refractivity contribution in [3.8, 4) is 0 Å². The zero-order valence-electron chi connectivity index (χ0n) is 16.0. The van der Waals surface area contributed by atoms with Crippen LogP contribution in [0.25, 0.3) is 0 Å². The zero-order valence-corrected chi connectivity index (χ0v) is 16.8. The second-order valence-electron chi connectivity index (χ2n) is 7.61. The minimum absolute atomic E-state index is 0.146. The molecular formula is C18H24F3N3O4S. The number of nitrogens with zero attached hydrogens (tertiary/aromatic N) is 3. The summed E-state index contributed by atoms with van der Waals surface area (Å²) in [6.45, 7) is 6.93. The molecule has 1 amide bonds. The molecule has 3 aliphatic rings. The fourth-order valence-corrected chi connectivity index (χ4v) is 4.58. The number of fused-ring (bicyclic) bond motifs is 1. The van der Waals surface area contributed by atoms with Gasteiger partial charge in [0, 0.05) is 43.2 Å². The molecule has 0 aliphatic carbocycles. The van der Waals surface area contributed by atoms with E-state index in [1.54, 1.807) is 11.3 Å². The largest absolute Gasteiger partial charge is 0.490 e. The standard InChI is InChI=1S/C16H23N3O2S.C2HF3O2/c1-11-10-22-15(17-11)9-18-7-12-5-13(21-14(12)8-18)6-16(20)19-3-2-4-19;3-2(4,5)1(6)7/h10,12-14H,2-9H2,1H3;(H,6,7)/t12-,13+,14+;/m0./s1. The number of alkyl halides is 3. The van der Waals surface area contributed by atoms with Crippen LogP contribution in [-0.2, 0) is 20.9 Å². The Morgan fingerprint density at radius 2 is 2.03 bits per heavy atom. The van der Waals surface area contributed by atoms with E-state index in [1.165, 1.54) is 5.01 Å². The highest BCUT2D eigenvalue weighted by Crippen LogP contribution is 2.35. The van der Waals surface area contributed by atoms with Gasteiger partial charge in [-0.05, 0) is 19.8 Å². The number of aromatic nitrogens is 1. The average molecular weight is 435 g/mol. The zero-order chi connectivity index (χ0) is 21.2. The molecule has 4 rings (SSSR count).